The van der Waals surface area contributed by atoms with E-state index >= 15 is 0 Å². The van der Waals surface area contributed by atoms with Gasteiger partial charge in [0.05, 0.1) is 18.5 Å². The summed E-state index contributed by atoms with van der Waals surface area (Å²) in [4.78, 5) is 52.0. The highest BCUT2D eigenvalue weighted by atomic mass is 16.5. The lowest BCUT2D eigenvalue weighted by molar-refractivity contribution is -0.117. The molecule has 31 heavy (non-hydrogen) atoms. The summed E-state index contributed by atoms with van der Waals surface area (Å²) in [5.74, 6) is -1.18. The molecule has 0 fully saturated rings. The fraction of sp³-hybridized carbons (Fsp3) is 0.227. The van der Waals surface area contributed by atoms with Crippen molar-refractivity contribution in [1.29, 1.82) is 0 Å². The molecule has 2 aromatic rings. The number of aliphatic imine (C=N–C) groups is 1. The number of nitrogens with zero attached hydrogens (tertiary/aromatic N) is 1. The van der Waals surface area contributed by atoms with Crippen LogP contribution in [-0.2, 0) is 14.3 Å². The van der Waals surface area contributed by atoms with Crippen molar-refractivity contribution in [3.63, 3.8) is 0 Å². The number of hydrogen-bond donors (Lipinski definition) is 3. The number of alkyl carbamates (subject to hydrolysis) is 1. The van der Waals surface area contributed by atoms with Gasteiger partial charge < -0.3 is 15.4 Å². The number of methoxy groups -OCH3 is 1. The number of anilines is 2. The Morgan fingerprint density at radius 2 is 1.58 bits per heavy atom. The van der Waals surface area contributed by atoms with Crippen LogP contribution in [0.4, 0.5) is 16.2 Å². The number of ketones is 1. The normalized spacial score (nSPS) is 10.7. The van der Waals surface area contributed by atoms with Crippen LogP contribution in [0, 0.1) is 0 Å². The monoisotopic (exact) mass is 424 g/mol. The standard InChI is InChI=1S/C22H24N4O5/c1-4-18(27)23-16-12-11-15(20(29)14-9-7-6-8-10-14)13-17(16)24-21(25-19(28)5-2)26-22(30)31-3/h6-13H,4-5H2,1-3H3,(H,23,27)(H2,24,25,26,28,30). The van der Waals surface area contributed by atoms with Gasteiger partial charge in [-0.1, -0.05) is 44.2 Å². The molecule has 0 spiro atoms. The zero-order valence-corrected chi connectivity index (χ0v) is 17.5. The molecule has 2 aromatic carbocycles. The van der Waals surface area contributed by atoms with Gasteiger partial charge in [0.1, 0.15) is 0 Å². The molecule has 3 N–H and O–H groups in total. The van der Waals surface area contributed by atoms with Gasteiger partial charge >= 0.3 is 6.09 Å². The quantitative estimate of drug-likeness (QED) is 0.371. The van der Waals surface area contributed by atoms with E-state index in [0.29, 0.717) is 16.8 Å². The van der Waals surface area contributed by atoms with Gasteiger partial charge in [0.2, 0.25) is 17.8 Å². The predicted molar refractivity (Wildman–Crippen MR) is 117 cm³/mol. The maximum absolute atomic E-state index is 12.8. The molecular formula is C22H24N4O5. The van der Waals surface area contributed by atoms with Crippen LogP contribution in [0.3, 0.4) is 0 Å². The molecule has 162 valence electrons. The molecule has 0 aromatic heterocycles. The molecule has 3 amide bonds. The van der Waals surface area contributed by atoms with E-state index in [9.17, 15) is 19.2 Å². The Hall–Kier alpha value is -4.01. The van der Waals surface area contributed by atoms with Gasteiger partial charge in [0, 0.05) is 24.0 Å². The first-order valence-electron chi connectivity index (χ1n) is 9.65. The molecule has 0 heterocycles. The van der Waals surface area contributed by atoms with Crippen LogP contribution < -0.4 is 16.0 Å². The fourth-order valence-corrected chi connectivity index (χ4v) is 2.46. The van der Waals surface area contributed by atoms with Gasteiger partial charge in [-0.15, -0.1) is 0 Å². The molecule has 0 saturated heterocycles. The zero-order chi connectivity index (χ0) is 22.8. The first kappa shape index (κ1) is 23.3. The van der Waals surface area contributed by atoms with Crippen molar-refractivity contribution in [2.75, 3.05) is 17.7 Å². The Morgan fingerprint density at radius 3 is 2.19 bits per heavy atom. The lowest BCUT2D eigenvalue weighted by Crippen LogP contribution is -2.36. The lowest BCUT2D eigenvalue weighted by Gasteiger charge is -2.16. The topological polar surface area (TPSA) is 126 Å². The molecule has 0 radical (unpaired) electrons. The van der Waals surface area contributed by atoms with Gasteiger partial charge in [0.15, 0.2) is 5.78 Å². The van der Waals surface area contributed by atoms with E-state index in [0.717, 1.165) is 0 Å². The Balaban J connectivity index is 2.47. The number of benzene rings is 2. The minimum Gasteiger partial charge on any atom is -0.453 e. The number of guanidine groups is 1. The number of nitrogens with one attached hydrogen (secondary N) is 3. The molecule has 2 rings (SSSR count). The first-order valence-corrected chi connectivity index (χ1v) is 9.65. The highest BCUT2D eigenvalue weighted by Gasteiger charge is 2.16. The largest absolute Gasteiger partial charge is 0.453 e. The van der Waals surface area contributed by atoms with E-state index in [-0.39, 0.29) is 36.2 Å². The minimum absolute atomic E-state index is 0.111. The average Bonchev–Trinajstić information content (AvgIpc) is 2.79. The van der Waals surface area contributed by atoms with E-state index in [1.165, 1.54) is 13.2 Å². The summed E-state index contributed by atoms with van der Waals surface area (Å²) in [6.45, 7) is 3.31. The molecule has 0 aliphatic rings. The van der Waals surface area contributed by atoms with E-state index in [1.54, 1.807) is 56.3 Å². The summed E-state index contributed by atoms with van der Waals surface area (Å²) in [7, 11) is 1.17. The van der Waals surface area contributed by atoms with Crippen LogP contribution in [-0.4, -0.2) is 36.8 Å². The second kappa shape index (κ2) is 11.2. The number of hydrogen-bond acceptors (Lipinski definition) is 5. The third kappa shape index (κ3) is 6.77. The fourth-order valence-electron chi connectivity index (χ4n) is 2.46. The van der Waals surface area contributed by atoms with Crippen LogP contribution in [0.1, 0.15) is 42.6 Å². The summed E-state index contributed by atoms with van der Waals surface area (Å²) in [5, 5.41) is 7.83. The van der Waals surface area contributed by atoms with Crippen LogP contribution >= 0.6 is 0 Å². The highest BCUT2D eigenvalue weighted by Crippen LogP contribution is 2.25. The summed E-state index contributed by atoms with van der Waals surface area (Å²) in [6.07, 6.45) is -0.495. The van der Waals surface area contributed by atoms with Gasteiger partial charge in [-0.2, -0.15) is 4.99 Å². The molecule has 9 nitrogen and oxygen atoms in total. The molecule has 0 unspecified atom stereocenters. The number of carbonyl (C=O) groups is 4. The summed E-state index contributed by atoms with van der Waals surface area (Å²) in [6, 6.07) is 13.3. The molecule has 9 heteroatoms. The number of amides is 3. The Morgan fingerprint density at radius 1 is 0.871 bits per heavy atom. The van der Waals surface area contributed by atoms with Crippen LogP contribution in [0.5, 0.6) is 0 Å². The first-order chi connectivity index (χ1) is 14.9. The zero-order valence-electron chi connectivity index (χ0n) is 17.5. The van der Waals surface area contributed by atoms with Crippen molar-refractivity contribution in [2.45, 2.75) is 26.7 Å². The molecule has 0 aliphatic heterocycles. The number of carbonyl (C=O) groups excluding carboxylic acids is 4. The maximum Gasteiger partial charge on any atom is 0.413 e. The molecule has 0 aliphatic carbocycles. The van der Waals surface area contributed by atoms with Crippen molar-refractivity contribution >= 4 is 41.0 Å². The van der Waals surface area contributed by atoms with Gasteiger partial charge in [-0.3, -0.25) is 19.7 Å². The van der Waals surface area contributed by atoms with Crippen LogP contribution in [0.2, 0.25) is 0 Å². The average molecular weight is 424 g/mol. The molecular weight excluding hydrogens is 400 g/mol. The van der Waals surface area contributed by atoms with Gasteiger partial charge in [0.25, 0.3) is 0 Å². The number of ether oxygens (including phenoxy) is 1. The van der Waals surface area contributed by atoms with Gasteiger partial charge in [-0.25, -0.2) is 4.79 Å². The SMILES string of the molecule is CCC(=O)N=C(NC(=O)OC)Nc1cc(C(=O)c2ccccc2)ccc1NC(=O)CC. The van der Waals surface area contributed by atoms with E-state index in [4.69, 9.17) is 0 Å². The predicted octanol–water partition coefficient (Wildman–Crippen LogP) is 3.33. The van der Waals surface area contributed by atoms with Crippen molar-refractivity contribution in [3.05, 3.63) is 59.7 Å². The smallest absolute Gasteiger partial charge is 0.413 e. The van der Waals surface area contributed by atoms with Crippen molar-refractivity contribution in [3.8, 4) is 0 Å². The summed E-state index contributed by atoms with van der Waals surface area (Å²) in [5.41, 5.74) is 1.44. The summed E-state index contributed by atoms with van der Waals surface area (Å²) >= 11 is 0. The van der Waals surface area contributed by atoms with Crippen molar-refractivity contribution < 1.29 is 23.9 Å². The van der Waals surface area contributed by atoms with Crippen molar-refractivity contribution in [2.24, 2.45) is 4.99 Å². The van der Waals surface area contributed by atoms with Crippen molar-refractivity contribution in [1.82, 2.24) is 5.32 Å². The lowest BCUT2D eigenvalue weighted by atomic mass is 10.0. The number of rotatable bonds is 6. The molecule has 0 saturated carbocycles. The van der Waals surface area contributed by atoms with Crippen LogP contribution in [0.15, 0.2) is 53.5 Å². The Kier molecular flexibility index (Phi) is 8.44. The van der Waals surface area contributed by atoms with E-state index in [1.807, 2.05) is 0 Å². The maximum atomic E-state index is 12.8. The third-order valence-corrected chi connectivity index (χ3v) is 4.11. The third-order valence-electron chi connectivity index (χ3n) is 4.11. The minimum atomic E-state index is -0.842. The Labute approximate surface area is 179 Å². The molecule has 0 atom stereocenters. The van der Waals surface area contributed by atoms with Gasteiger partial charge in [-0.05, 0) is 18.2 Å². The Bertz CT molecular complexity index is 1000. The van der Waals surface area contributed by atoms with E-state index < -0.39 is 12.0 Å². The van der Waals surface area contributed by atoms with E-state index in [2.05, 4.69) is 25.7 Å². The second-order valence-electron chi connectivity index (χ2n) is 6.31. The molecule has 0 bridgehead atoms. The highest BCUT2D eigenvalue weighted by molar-refractivity contribution is 6.12. The summed E-state index contributed by atoms with van der Waals surface area (Å²) < 4.78 is 4.56. The van der Waals surface area contributed by atoms with Crippen LogP contribution in [0.25, 0.3) is 0 Å². The second-order valence-corrected chi connectivity index (χ2v) is 6.31.